The first kappa shape index (κ1) is 23.4. The summed E-state index contributed by atoms with van der Waals surface area (Å²) in [6.07, 6.45) is 0. The molecule has 29 heavy (non-hydrogen) atoms. The van der Waals surface area contributed by atoms with E-state index in [0.29, 0.717) is 22.4 Å². The fraction of sp³-hybridized carbons (Fsp3) is 0.333. The average molecular weight is 454 g/mol. The average Bonchev–Trinajstić information content (AvgIpc) is 3.09. The number of carbonyl (C=O) groups is 1. The number of likely N-dealkylation sites (N-methyl/N-ethyl adjacent to an activating group) is 1. The van der Waals surface area contributed by atoms with Gasteiger partial charge in [0.25, 0.3) is 5.91 Å². The van der Waals surface area contributed by atoms with E-state index in [2.05, 4.69) is 0 Å². The highest BCUT2D eigenvalue weighted by Gasteiger charge is 2.21. The number of nitrogens with zero attached hydrogens (tertiary/aromatic N) is 3. The molecule has 0 N–H and O–H groups in total. The molecule has 0 atom stereocenters. The first-order chi connectivity index (χ1) is 13.3. The largest absolute Gasteiger partial charge is 0.484 e. The van der Waals surface area contributed by atoms with Gasteiger partial charge in [-0.1, -0.05) is 40.6 Å². The molecule has 0 bridgehead atoms. The molecule has 2 aromatic carbocycles. The number of halogens is 2. The van der Waals surface area contributed by atoms with E-state index in [9.17, 15) is 4.79 Å². The highest BCUT2D eigenvalue weighted by Crippen LogP contribution is 2.33. The lowest BCUT2D eigenvalue weighted by molar-refractivity contribution is -0.120. The number of amides is 1. The van der Waals surface area contributed by atoms with Crippen molar-refractivity contribution in [2.24, 2.45) is 0 Å². The zero-order chi connectivity index (χ0) is 20.3. The van der Waals surface area contributed by atoms with Crippen molar-refractivity contribution in [3.05, 3.63) is 52.5 Å². The Morgan fingerprint density at radius 2 is 1.79 bits per heavy atom. The van der Waals surface area contributed by atoms with E-state index in [-0.39, 0.29) is 24.9 Å². The molecule has 5 nitrogen and oxygen atoms in total. The molecule has 3 aromatic rings. The normalized spacial score (nSPS) is 10.8. The first-order valence-electron chi connectivity index (χ1n) is 9.05. The molecule has 0 aliphatic heterocycles. The predicted molar refractivity (Wildman–Crippen MR) is 124 cm³/mol. The van der Waals surface area contributed by atoms with Gasteiger partial charge in [0.05, 0.1) is 10.2 Å². The van der Waals surface area contributed by atoms with Gasteiger partial charge in [-0.2, -0.15) is 0 Å². The molecule has 0 radical (unpaired) electrons. The second-order valence-electron chi connectivity index (χ2n) is 6.97. The second kappa shape index (κ2) is 10.3. The van der Waals surface area contributed by atoms with Crippen molar-refractivity contribution in [2.75, 3.05) is 38.7 Å². The van der Waals surface area contributed by atoms with Crippen LogP contribution in [0, 0.1) is 13.8 Å². The van der Waals surface area contributed by atoms with Crippen molar-refractivity contribution in [2.45, 2.75) is 13.8 Å². The zero-order valence-electron chi connectivity index (χ0n) is 16.9. The van der Waals surface area contributed by atoms with Crippen LogP contribution in [0.3, 0.4) is 0 Å². The number of aryl methyl sites for hydroxylation is 2. The molecule has 8 heteroatoms. The highest BCUT2D eigenvalue weighted by molar-refractivity contribution is 7.22. The molecule has 0 unspecified atom stereocenters. The van der Waals surface area contributed by atoms with E-state index in [4.69, 9.17) is 21.3 Å². The number of rotatable bonds is 7. The lowest BCUT2D eigenvalue weighted by Crippen LogP contribution is -2.39. The third-order valence-electron chi connectivity index (χ3n) is 4.42. The molecule has 0 spiro atoms. The zero-order valence-corrected chi connectivity index (χ0v) is 19.3. The summed E-state index contributed by atoms with van der Waals surface area (Å²) >= 11 is 7.72. The quantitative estimate of drug-likeness (QED) is 0.506. The lowest BCUT2D eigenvalue weighted by Gasteiger charge is -2.22. The molecule has 0 saturated heterocycles. The summed E-state index contributed by atoms with van der Waals surface area (Å²) < 4.78 is 6.71. The molecule has 1 aromatic heterocycles. The molecule has 1 amide bonds. The Labute approximate surface area is 186 Å². The van der Waals surface area contributed by atoms with Crippen molar-refractivity contribution < 1.29 is 9.53 Å². The molecular weight excluding hydrogens is 429 g/mol. The van der Waals surface area contributed by atoms with Gasteiger partial charge in [-0.3, -0.25) is 9.69 Å². The predicted octanol–water partition coefficient (Wildman–Crippen LogP) is 4.96. The number of ether oxygens (including phenoxy) is 1. The Bertz CT molecular complexity index is 974. The van der Waals surface area contributed by atoms with Crippen molar-refractivity contribution in [1.82, 2.24) is 9.88 Å². The van der Waals surface area contributed by atoms with E-state index in [1.165, 1.54) is 11.3 Å². The van der Waals surface area contributed by atoms with Gasteiger partial charge < -0.3 is 9.64 Å². The van der Waals surface area contributed by atoms with Gasteiger partial charge in [-0.15, -0.1) is 12.4 Å². The number of thiazole rings is 1. The van der Waals surface area contributed by atoms with E-state index in [1.54, 1.807) is 4.90 Å². The van der Waals surface area contributed by atoms with Gasteiger partial charge in [-0.05, 0) is 57.8 Å². The molecule has 0 saturated carbocycles. The fourth-order valence-corrected chi connectivity index (χ4v) is 3.91. The summed E-state index contributed by atoms with van der Waals surface area (Å²) in [5.41, 5.74) is 2.92. The number of aromatic nitrogens is 1. The van der Waals surface area contributed by atoms with Crippen LogP contribution in [0.4, 0.5) is 5.13 Å². The van der Waals surface area contributed by atoms with Crippen LogP contribution in [0.1, 0.15) is 11.1 Å². The van der Waals surface area contributed by atoms with Gasteiger partial charge in [0.15, 0.2) is 11.7 Å². The van der Waals surface area contributed by atoms with Gasteiger partial charge in [0.2, 0.25) is 0 Å². The van der Waals surface area contributed by atoms with E-state index >= 15 is 0 Å². The summed E-state index contributed by atoms with van der Waals surface area (Å²) in [4.78, 5) is 21.4. The molecule has 1 heterocycles. The number of benzene rings is 2. The van der Waals surface area contributed by atoms with Crippen LogP contribution in [0.2, 0.25) is 5.02 Å². The van der Waals surface area contributed by atoms with E-state index < -0.39 is 0 Å². The maximum atomic E-state index is 12.9. The number of anilines is 1. The SMILES string of the molecule is Cc1ccc(OCC(=O)N(CCN(C)C)c2nc3c(C)c(Cl)ccc3s2)cc1.Cl. The van der Waals surface area contributed by atoms with Crippen LogP contribution in [0.15, 0.2) is 36.4 Å². The van der Waals surface area contributed by atoms with Crippen LogP contribution < -0.4 is 9.64 Å². The third-order valence-corrected chi connectivity index (χ3v) is 5.88. The van der Waals surface area contributed by atoms with Crippen molar-refractivity contribution in [1.29, 1.82) is 0 Å². The minimum Gasteiger partial charge on any atom is -0.484 e. The summed E-state index contributed by atoms with van der Waals surface area (Å²) in [6.45, 7) is 5.19. The Hall–Kier alpha value is -1.86. The first-order valence-corrected chi connectivity index (χ1v) is 10.2. The maximum Gasteiger partial charge on any atom is 0.266 e. The molecule has 0 aliphatic carbocycles. The summed E-state index contributed by atoms with van der Waals surface area (Å²) in [7, 11) is 3.96. The number of hydrogen-bond donors (Lipinski definition) is 0. The molecular formula is C21H25Cl2N3O2S. The van der Waals surface area contributed by atoms with Crippen molar-refractivity contribution >= 4 is 56.6 Å². The van der Waals surface area contributed by atoms with Crippen LogP contribution in [-0.2, 0) is 4.79 Å². The Balaban J connectivity index is 0.00000300. The molecule has 0 aliphatic rings. The lowest BCUT2D eigenvalue weighted by atomic mass is 10.2. The minimum atomic E-state index is -0.120. The summed E-state index contributed by atoms with van der Waals surface area (Å²) in [5, 5.41) is 1.35. The monoisotopic (exact) mass is 453 g/mol. The smallest absolute Gasteiger partial charge is 0.266 e. The number of hydrogen-bond acceptors (Lipinski definition) is 5. The standard InChI is InChI=1S/C21H24ClN3O2S.ClH/c1-14-5-7-16(8-6-14)27-13-19(26)25(12-11-24(3)4)21-23-20-15(2)17(22)9-10-18(20)28-21;/h5-10H,11-13H2,1-4H3;1H. The number of fused-ring (bicyclic) bond motifs is 1. The van der Waals surface area contributed by atoms with Gasteiger partial charge in [-0.25, -0.2) is 4.98 Å². The van der Waals surface area contributed by atoms with Crippen molar-refractivity contribution in [3.8, 4) is 5.75 Å². The van der Waals surface area contributed by atoms with Crippen LogP contribution >= 0.6 is 35.3 Å². The van der Waals surface area contributed by atoms with Gasteiger partial charge >= 0.3 is 0 Å². The van der Waals surface area contributed by atoms with E-state index in [0.717, 1.165) is 27.9 Å². The third kappa shape index (κ3) is 5.82. The maximum absolute atomic E-state index is 12.9. The summed E-state index contributed by atoms with van der Waals surface area (Å²) in [6, 6.07) is 11.5. The Kier molecular flexibility index (Phi) is 8.28. The van der Waals surface area contributed by atoms with Crippen LogP contribution in [0.25, 0.3) is 10.2 Å². The number of carbonyl (C=O) groups excluding carboxylic acids is 1. The molecule has 156 valence electrons. The van der Waals surface area contributed by atoms with Gasteiger partial charge in [0.1, 0.15) is 5.75 Å². The Morgan fingerprint density at radius 1 is 1.10 bits per heavy atom. The molecule has 0 fully saturated rings. The van der Waals surface area contributed by atoms with Crippen molar-refractivity contribution in [3.63, 3.8) is 0 Å². The second-order valence-corrected chi connectivity index (χ2v) is 8.38. The minimum absolute atomic E-state index is 0. The summed E-state index contributed by atoms with van der Waals surface area (Å²) in [5.74, 6) is 0.559. The molecule has 3 rings (SSSR count). The van der Waals surface area contributed by atoms with Crippen LogP contribution in [-0.4, -0.2) is 49.6 Å². The van der Waals surface area contributed by atoms with Gasteiger partial charge in [0, 0.05) is 18.1 Å². The fourth-order valence-electron chi connectivity index (χ4n) is 2.69. The van der Waals surface area contributed by atoms with E-state index in [1.807, 2.05) is 69.2 Å². The van der Waals surface area contributed by atoms with Crippen LogP contribution in [0.5, 0.6) is 5.75 Å². The topological polar surface area (TPSA) is 45.7 Å². The Morgan fingerprint density at radius 3 is 2.45 bits per heavy atom. The highest BCUT2D eigenvalue weighted by atomic mass is 35.5.